The normalized spacial score (nSPS) is 17.8. The van der Waals surface area contributed by atoms with E-state index in [9.17, 15) is 4.79 Å². The predicted octanol–water partition coefficient (Wildman–Crippen LogP) is 3.96. The van der Waals surface area contributed by atoms with Crippen LogP contribution in [0, 0.1) is 6.92 Å². The number of rotatable bonds is 2. The number of aromatic nitrogens is 2. The van der Waals surface area contributed by atoms with Crippen LogP contribution < -0.4 is 5.32 Å². The van der Waals surface area contributed by atoms with Crippen LogP contribution in [0.25, 0.3) is 10.2 Å². The SMILES string of the molecule is Cc1cc(NC(=O)N2CCCC2c2nc3ccccc3s2)no1. The maximum atomic E-state index is 12.5. The van der Waals surface area contributed by atoms with E-state index in [1.807, 2.05) is 23.1 Å². The van der Waals surface area contributed by atoms with Gasteiger partial charge >= 0.3 is 6.03 Å². The number of carbonyl (C=O) groups is 1. The van der Waals surface area contributed by atoms with Gasteiger partial charge in [-0.2, -0.15) is 0 Å². The van der Waals surface area contributed by atoms with Crippen LogP contribution in [0.4, 0.5) is 10.6 Å². The molecule has 0 radical (unpaired) electrons. The number of para-hydroxylation sites is 1. The smallest absolute Gasteiger partial charge is 0.323 e. The van der Waals surface area contributed by atoms with Crippen LogP contribution >= 0.6 is 11.3 Å². The first-order valence-electron chi connectivity index (χ1n) is 7.57. The third kappa shape index (κ3) is 2.68. The van der Waals surface area contributed by atoms with Crippen molar-refractivity contribution in [2.24, 2.45) is 0 Å². The van der Waals surface area contributed by atoms with Crippen molar-refractivity contribution in [2.45, 2.75) is 25.8 Å². The molecule has 0 bridgehead atoms. The number of hydrogen-bond acceptors (Lipinski definition) is 5. The zero-order valence-corrected chi connectivity index (χ0v) is 13.5. The van der Waals surface area contributed by atoms with Gasteiger partial charge in [-0.25, -0.2) is 9.78 Å². The Morgan fingerprint density at radius 1 is 1.43 bits per heavy atom. The van der Waals surface area contributed by atoms with Crippen molar-refractivity contribution in [3.63, 3.8) is 0 Å². The van der Waals surface area contributed by atoms with E-state index in [1.54, 1.807) is 24.3 Å². The molecule has 3 aromatic rings. The number of aryl methyl sites for hydroxylation is 1. The van der Waals surface area contributed by atoms with Gasteiger partial charge in [0.2, 0.25) is 0 Å². The molecule has 23 heavy (non-hydrogen) atoms. The summed E-state index contributed by atoms with van der Waals surface area (Å²) in [6.07, 6.45) is 1.91. The van der Waals surface area contributed by atoms with Crippen LogP contribution in [0.5, 0.6) is 0 Å². The molecular weight excluding hydrogens is 312 g/mol. The number of anilines is 1. The number of nitrogens with one attached hydrogen (secondary N) is 1. The molecule has 0 saturated carbocycles. The predicted molar refractivity (Wildman–Crippen MR) is 88.6 cm³/mol. The maximum absolute atomic E-state index is 12.5. The lowest BCUT2D eigenvalue weighted by Gasteiger charge is -2.22. The minimum Gasteiger partial charge on any atom is -0.360 e. The van der Waals surface area contributed by atoms with Crippen molar-refractivity contribution >= 4 is 33.4 Å². The lowest BCUT2D eigenvalue weighted by Crippen LogP contribution is -2.34. The standard InChI is InChI=1S/C16H16N4O2S/c1-10-9-14(19-22-10)18-16(21)20-8-4-6-12(20)15-17-11-5-2-3-7-13(11)23-15/h2-3,5,7,9,12H,4,6,8H2,1H3,(H,18,19,21). The Hall–Kier alpha value is -2.41. The van der Waals surface area contributed by atoms with E-state index >= 15 is 0 Å². The third-order valence-corrected chi connectivity index (χ3v) is 5.11. The third-order valence-electron chi connectivity index (χ3n) is 3.97. The van der Waals surface area contributed by atoms with Gasteiger partial charge in [-0.05, 0) is 31.9 Å². The largest absolute Gasteiger partial charge is 0.360 e. The van der Waals surface area contributed by atoms with E-state index in [4.69, 9.17) is 9.51 Å². The van der Waals surface area contributed by atoms with Crippen LogP contribution in [-0.4, -0.2) is 27.6 Å². The first kappa shape index (κ1) is 14.2. The molecule has 7 heteroatoms. The van der Waals surface area contributed by atoms with Gasteiger partial charge < -0.3 is 9.42 Å². The Morgan fingerprint density at radius 2 is 2.30 bits per heavy atom. The van der Waals surface area contributed by atoms with Gasteiger partial charge in [0.25, 0.3) is 0 Å². The van der Waals surface area contributed by atoms with Gasteiger partial charge in [0.05, 0.1) is 16.3 Å². The fourth-order valence-electron chi connectivity index (χ4n) is 2.91. The summed E-state index contributed by atoms with van der Waals surface area (Å²) in [4.78, 5) is 19.1. The van der Waals surface area contributed by atoms with E-state index in [-0.39, 0.29) is 12.1 Å². The number of hydrogen-bond donors (Lipinski definition) is 1. The van der Waals surface area contributed by atoms with E-state index in [0.717, 1.165) is 34.6 Å². The maximum Gasteiger partial charge on any atom is 0.323 e. The van der Waals surface area contributed by atoms with Gasteiger partial charge in [-0.1, -0.05) is 17.3 Å². The average molecular weight is 328 g/mol. The molecule has 118 valence electrons. The number of amides is 2. The van der Waals surface area contributed by atoms with E-state index < -0.39 is 0 Å². The molecule has 1 saturated heterocycles. The summed E-state index contributed by atoms with van der Waals surface area (Å²) in [5.41, 5.74) is 0.992. The van der Waals surface area contributed by atoms with Crippen molar-refractivity contribution < 1.29 is 9.32 Å². The van der Waals surface area contributed by atoms with Gasteiger partial charge in [-0.3, -0.25) is 5.32 Å². The van der Waals surface area contributed by atoms with Crippen LogP contribution in [0.15, 0.2) is 34.9 Å². The fraction of sp³-hybridized carbons (Fsp3) is 0.312. The number of likely N-dealkylation sites (tertiary alicyclic amines) is 1. The number of nitrogens with zero attached hydrogens (tertiary/aromatic N) is 3. The highest BCUT2D eigenvalue weighted by atomic mass is 32.1. The average Bonchev–Trinajstić information content (AvgIpc) is 3.24. The molecule has 1 aliphatic heterocycles. The summed E-state index contributed by atoms with van der Waals surface area (Å²) in [5.74, 6) is 1.12. The Bertz CT molecular complexity index is 824. The Labute approximate surface area is 137 Å². The molecule has 1 unspecified atom stereocenters. The van der Waals surface area contributed by atoms with Crippen molar-refractivity contribution in [3.8, 4) is 0 Å². The highest BCUT2D eigenvalue weighted by Crippen LogP contribution is 2.36. The second-order valence-corrected chi connectivity index (χ2v) is 6.69. The fourth-order valence-corrected chi connectivity index (χ4v) is 4.02. The summed E-state index contributed by atoms with van der Waals surface area (Å²) >= 11 is 1.66. The van der Waals surface area contributed by atoms with Gasteiger partial charge in [-0.15, -0.1) is 11.3 Å². The topological polar surface area (TPSA) is 71.3 Å². The van der Waals surface area contributed by atoms with Crippen LogP contribution in [0.3, 0.4) is 0 Å². The molecule has 1 aromatic carbocycles. The minimum absolute atomic E-state index is 0.0281. The molecule has 1 N–H and O–H groups in total. The Morgan fingerprint density at radius 3 is 3.09 bits per heavy atom. The summed E-state index contributed by atoms with van der Waals surface area (Å²) in [5, 5.41) is 7.61. The van der Waals surface area contributed by atoms with Crippen LogP contribution in [0.1, 0.15) is 29.7 Å². The summed E-state index contributed by atoms with van der Waals surface area (Å²) < 4.78 is 6.14. The number of carbonyl (C=O) groups excluding carboxylic acids is 1. The molecule has 3 heterocycles. The van der Waals surface area contributed by atoms with Crippen molar-refractivity contribution in [1.82, 2.24) is 15.0 Å². The minimum atomic E-state index is -0.153. The van der Waals surface area contributed by atoms with Crippen LogP contribution in [0.2, 0.25) is 0 Å². The van der Waals surface area contributed by atoms with Crippen molar-refractivity contribution in [2.75, 3.05) is 11.9 Å². The highest BCUT2D eigenvalue weighted by molar-refractivity contribution is 7.18. The number of thiazole rings is 1. The van der Waals surface area contributed by atoms with Gasteiger partial charge in [0.1, 0.15) is 10.8 Å². The first-order valence-corrected chi connectivity index (χ1v) is 8.39. The molecule has 2 aromatic heterocycles. The van der Waals surface area contributed by atoms with E-state index in [0.29, 0.717) is 11.6 Å². The number of fused-ring (bicyclic) bond motifs is 1. The Kier molecular flexibility index (Phi) is 3.49. The Balaban J connectivity index is 1.57. The lowest BCUT2D eigenvalue weighted by atomic mass is 10.2. The molecular formula is C16H16N4O2S. The monoisotopic (exact) mass is 328 g/mol. The molecule has 6 nitrogen and oxygen atoms in total. The summed E-state index contributed by atoms with van der Waals surface area (Å²) in [6.45, 7) is 2.52. The highest BCUT2D eigenvalue weighted by Gasteiger charge is 2.32. The second kappa shape index (κ2) is 5.66. The van der Waals surface area contributed by atoms with E-state index in [1.165, 1.54) is 0 Å². The van der Waals surface area contributed by atoms with Crippen LogP contribution in [-0.2, 0) is 0 Å². The first-order chi connectivity index (χ1) is 11.2. The quantitative estimate of drug-likeness (QED) is 0.773. The lowest BCUT2D eigenvalue weighted by molar-refractivity contribution is 0.206. The molecule has 4 rings (SSSR count). The summed E-state index contributed by atoms with van der Waals surface area (Å²) in [6, 6.07) is 9.65. The molecule has 2 amide bonds. The molecule has 0 aliphatic carbocycles. The molecule has 0 spiro atoms. The van der Waals surface area contributed by atoms with E-state index in [2.05, 4.69) is 16.5 Å². The van der Waals surface area contributed by atoms with Crippen molar-refractivity contribution in [3.05, 3.63) is 41.1 Å². The second-order valence-electron chi connectivity index (χ2n) is 5.62. The summed E-state index contributed by atoms with van der Waals surface area (Å²) in [7, 11) is 0. The zero-order valence-electron chi connectivity index (χ0n) is 12.7. The van der Waals surface area contributed by atoms with Gasteiger partial charge in [0.15, 0.2) is 5.82 Å². The number of urea groups is 1. The van der Waals surface area contributed by atoms with Crippen molar-refractivity contribution in [1.29, 1.82) is 0 Å². The zero-order chi connectivity index (χ0) is 15.8. The van der Waals surface area contributed by atoms with Gasteiger partial charge in [0, 0.05) is 12.6 Å². The molecule has 1 fully saturated rings. The molecule has 1 atom stereocenters. The number of benzene rings is 1. The molecule has 1 aliphatic rings.